The Morgan fingerprint density at radius 3 is 2.79 bits per heavy atom. The van der Waals surface area contributed by atoms with Crippen LogP contribution >= 0.6 is 0 Å². The molecule has 1 aliphatic heterocycles. The fraction of sp³-hybridized carbons (Fsp3) is 0.500. The van der Waals surface area contributed by atoms with Crippen molar-refractivity contribution in [2.45, 2.75) is 25.4 Å². The van der Waals surface area contributed by atoms with E-state index in [-0.39, 0.29) is 12.2 Å². The summed E-state index contributed by atoms with van der Waals surface area (Å²) in [4.78, 5) is 25.2. The molecule has 19 heavy (non-hydrogen) atoms. The van der Waals surface area contributed by atoms with Crippen LogP contribution in [-0.2, 0) is 4.74 Å². The summed E-state index contributed by atoms with van der Waals surface area (Å²) in [7, 11) is 0. The molecule has 1 fully saturated rings. The maximum absolute atomic E-state index is 11.8. The number of nitrogens with one attached hydrogen (secondary N) is 1. The van der Waals surface area contributed by atoms with E-state index in [9.17, 15) is 14.7 Å². The highest BCUT2D eigenvalue weighted by molar-refractivity contribution is 5.26. The lowest BCUT2D eigenvalue weighted by Crippen LogP contribution is -2.35. The van der Waals surface area contributed by atoms with Crippen molar-refractivity contribution in [1.29, 1.82) is 0 Å². The first kappa shape index (κ1) is 13.5. The van der Waals surface area contributed by atoms with Crippen LogP contribution < -0.4 is 11.2 Å². The zero-order valence-corrected chi connectivity index (χ0v) is 10.2. The Bertz CT molecular complexity index is 626. The highest BCUT2D eigenvalue weighted by Crippen LogP contribution is 2.33. The number of nitrogens with zero attached hydrogens (tertiary/aromatic N) is 1. The van der Waals surface area contributed by atoms with E-state index in [4.69, 9.17) is 16.3 Å². The highest BCUT2D eigenvalue weighted by atomic mass is 16.5. The van der Waals surface area contributed by atoms with Crippen LogP contribution in [-0.4, -0.2) is 38.6 Å². The topological polar surface area (TPSA) is 105 Å². The molecule has 4 atom stereocenters. The van der Waals surface area contributed by atoms with E-state index < -0.39 is 35.6 Å². The molecule has 1 aromatic heterocycles. The summed E-state index contributed by atoms with van der Waals surface area (Å²) in [5.74, 6) is 1.74. The summed E-state index contributed by atoms with van der Waals surface area (Å²) < 4.78 is 6.54. The van der Waals surface area contributed by atoms with Crippen LogP contribution in [0.15, 0.2) is 15.8 Å². The van der Waals surface area contributed by atoms with Gasteiger partial charge in [0.25, 0.3) is 5.56 Å². The maximum atomic E-state index is 11.8. The molecule has 102 valence electrons. The van der Waals surface area contributed by atoms with Crippen molar-refractivity contribution in [2.75, 3.05) is 6.61 Å². The van der Waals surface area contributed by atoms with Crippen molar-refractivity contribution >= 4 is 0 Å². The fourth-order valence-electron chi connectivity index (χ4n) is 2.14. The van der Waals surface area contributed by atoms with Crippen LogP contribution in [0, 0.1) is 18.3 Å². The van der Waals surface area contributed by atoms with E-state index in [0.29, 0.717) is 0 Å². The normalized spacial score (nSPS) is 30.2. The number of aliphatic hydroxyl groups is 2. The summed E-state index contributed by atoms with van der Waals surface area (Å²) in [5, 5.41) is 18.9. The van der Waals surface area contributed by atoms with Crippen molar-refractivity contribution in [3.8, 4) is 12.3 Å². The molecule has 0 unspecified atom stereocenters. The van der Waals surface area contributed by atoms with Crippen molar-refractivity contribution < 1.29 is 14.9 Å². The number of rotatable bonds is 2. The summed E-state index contributed by atoms with van der Waals surface area (Å²) in [6, 6.07) is 0. The first-order valence-electron chi connectivity index (χ1n) is 5.76. The van der Waals surface area contributed by atoms with Crippen LogP contribution in [0.5, 0.6) is 0 Å². The van der Waals surface area contributed by atoms with E-state index in [1.807, 2.05) is 0 Å². The Hall–Kier alpha value is -1.88. The van der Waals surface area contributed by atoms with E-state index >= 15 is 0 Å². The second kappa shape index (κ2) is 5.01. The summed E-state index contributed by atoms with van der Waals surface area (Å²) in [5.41, 5.74) is -1.32. The SMILES string of the molecule is C#Cc1cn([C@@H]2O[C@H](CO)[C@@H](O)[C@@H]2C)c(=O)[nH]c1=O. The summed E-state index contributed by atoms with van der Waals surface area (Å²) in [6.07, 6.45) is 3.93. The molecule has 2 rings (SSSR count). The van der Waals surface area contributed by atoms with Crippen molar-refractivity contribution in [1.82, 2.24) is 9.55 Å². The molecule has 0 radical (unpaired) electrons. The molecule has 0 amide bonds. The predicted octanol–water partition coefficient (Wildman–Crippen LogP) is -1.60. The summed E-state index contributed by atoms with van der Waals surface area (Å²) >= 11 is 0. The van der Waals surface area contributed by atoms with Crippen LogP contribution in [0.3, 0.4) is 0 Å². The van der Waals surface area contributed by atoms with Gasteiger partial charge in [-0.05, 0) is 0 Å². The van der Waals surface area contributed by atoms with Gasteiger partial charge in [-0.25, -0.2) is 4.79 Å². The van der Waals surface area contributed by atoms with Crippen molar-refractivity contribution in [3.05, 3.63) is 32.6 Å². The lowest BCUT2D eigenvalue weighted by Gasteiger charge is -2.18. The summed E-state index contributed by atoms with van der Waals surface area (Å²) in [6.45, 7) is 1.32. The molecular weight excluding hydrogens is 252 g/mol. The average Bonchev–Trinajstić information content (AvgIpc) is 2.67. The Morgan fingerprint density at radius 1 is 1.58 bits per heavy atom. The molecule has 7 nitrogen and oxygen atoms in total. The third kappa shape index (κ3) is 2.21. The Labute approximate surface area is 108 Å². The average molecular weight is 266 g/mol. The van der Waals surface area contributed by atoms with Gasteiger partial charge in [-0.3, -0.25) is 14.3 Å². The lowest BCUT2D eigenvalue weighted by molar-refractivity contribution is -0.0477. The molecule has 1 aromatic rings. The number of terminal acetylenes is 1. The minimum Gasteiger partial charge on any atom is -0.394 e. The standard InChI is InChI=1S/C12H14N2O5/c1-3-7-4-14(12(18)13-10(7)17)11-6(2)9(16)8(5-15)19-11/h1,4,6,8-9,11,15-16H,5H2,2H3,(H,13,17,18)/t6-,8+,9-,11+/m0/s1. The van der Waals surface area contributed by atoms with E-state index in [1.165, 1.54) is 6.20 Å². The maximum Gasteiger partial charge on any atom is 0.330 e. The second-order valence-corrected chi connectivity index (χ2v) is 4.45. The fourth-order valence-corrected chi connectivity index (χ4v) is 2.14. The van der Waals surface area contributed by atoms with Gasteiger partial charge in [0.15, 0.2) is 0 Å². The zero-order valence-electron chi connectivity index (χ0n) is 10.2. The first-order chi connectivity index (χ1) is 8.99. The monoisotopic (exact) mass is 266 g/mol. The van der Waals surface area contributed by atoms with E-state index in [2.05, 4.69) is 10.9 Å². The molecule has 0 aliphatic carbocycles. The number of hydrogen-bond donors (Lipinski definition) is 3. The van der Waals surface area contributed by atoms with Gasteiger partial charge in [-0.15, -0.1) is 6.42 Å². The predicted molar refractivity (Wildman–Crippen MR) is 65.4 cm³/mol. The Morgan fingerprint density at radius 2 is 2.26 bits per heavy atom. The van der Waals surface area contributed by atoms with Crippen LogP contribution in [0.1, 0.15) is 18.7 Å². The molecule has 0 aromatic carbocycles. The largest absolute Gasteiger partial charge is 0.394 e. The number of aliphatic hydroxyl groups excluding tert-OH is 2. The molecule has 7 heteroatoms. The van der Waals surface area contributed by atoms with Gasteiger partial charge in [0, 0.05) is 12.1 Å². The Balaban J connectivity index is 2.46. The van der Waals surface area contributed by atoms with Crippen LogP contribution in [0.25, 0.3) is 0 Å². The zero-order chi connectivity index (χ0) is 14.2. The molecule has 3 N–H and O–H groups in total. The minimum absolute atomic E-state index is 0.00246. The molecular formula is C12H14N2O5. The van der Waals surface area contributed by atoms with Crippen LogP contribution in [0.2, 0.25) is 0 Å². The van der Waals surface area contributed by atoms with E-state index in [0.717, 1.165) is 4.57 Å². The molecule has 0 saturated carbocycles. The van der Waals surface area contributed by atoms with Gasteiger partial charge in [-0.2, -0.15) is 0 Å². The molecule has 0 spiro atoms. The Kier molecular flexibility index (Phi) is 3.57. The number of aromatic nitrogens is 2. The van der Waals surface area contributed by atoms with Gasteiger partial charge < -0.3 is 14.9 Å². The number of ether oxygens (including phenoxy) is 1. The highest BCUT2D eigenvalue weighted by Gasteiger charge is 2.41. The number of aromatic amines is 1. The lowest BCUT2D eigenvalue weighted by atomic mass is 10.0. The first-order valence-corrected chi connectivity index (χ1v) is 5.76. The van der Waals surface area contributed by atoms with Gasteiger partial charge >= 0.3 is 5.69 Å². The van der Waals surface area contributed by atoms with Crippen molar-refractivity contribution in [3.63, 3.8) is 0 Å². The molecule has 1 saturated heterocycles. The van der Waals surface area contributed by atoms with E-state index in [1.54, 1.807) is 6.92 Å². The van der Waals surface area contributed by atoms with Crippen LogP contribution in [0.4, 0.5) is 0 Å². The van der Waals surface area contributed by atoms with Gasteiger partial charge in [-0.1, -0.05) is 12.8 Å². The quantitative estimate of drug-likeness (QED) is 0.559. The number of hydrogen-bond acceptors (Lipinski definition) is 5. The minimum atomic E-state index is -0.900. The molecule has 0 bridgehead atoms. The molecule has 2 heterocycles. The third-order valence-electron chi connectivity index (χ3n) is 3.26. The third-order valence-corrected chi connectivity index (χ3v) is 3.26. The smallest absolute Gasteiger partial charge is 0.330 e. The van der Waals surface area contributed by atoms with Gasteiger partial charge in [0.05, 0.1) is 12.7 Å². The number of H-pyrrole nitrogens is 1. The second-order valence-electron chi connectivity index (χ2n) is 4.45. The molecule has 1 aliphatic rings. The van der Waals surface area contributed by atoms with Crippen molar-refractivity contribution in [2.24, 2.45) is 5.92 Å². The van der Waals surface area contributed by atoms with Gasteiger partial charge in [0.1, 0.15) is 17.9 Å². The van der Waals surface area contributed by atoms with Gasteiger partial charge in [0.2, 0.25) is 0 Å².